The first-order chi connectivity index (χ1) is 8.93. The van der Waals surface area contributed by atoms with E-state index in [0.29, 0.717) is 0 Å². The van der Waals surface area contributed by atoms with Gasteiger partial charge in [-0.2, -0.15) is 4.73 Å². The van der Waals surface area contributed by atoms with Gasteiger partial charge in [0.2, 0.25) is 0 Å². The molecule has 1 unspecified atom stereocenters. The molecule has 2 aromatic rings. The monoisotopic (exact) mass is 267 g/mol. The number of furan rings is 1. The summed E-state index contributed by atoms with van der Waals surface area (Å²) < 4.78 is 5.05. The highest BCUT2D eigenvalue weighted by atomic mass is 16.5. The van der Waals surface area contributed by atoms with E-state index in [1.165, 1.54) is 12.5 Å². The Labute approximate surface area is 107 Å². The van der Waals surface area contributed by atoms with Crippen LogP contribution in [0.1, 0.15) is 18.5 Å². The third kappa shape index (κ3) is 2.01. The Morgan fingerprint density at radius 1 is 1.32 bits per heavy atom. The lowest BCUT2D eigenvalue weighted by Gasteiger charge is -2.18. The fourth-order valence-corrected chi connectivity index (χ4v) is 1.57. The van der Waals surface area contributed by atoms with Crippen molar-refractivity contribution in [1.29, 1.82) is 0 Å². The summed E-state index contributed by atoms with van der Waals surface area (Å²) in [5.74, 6) is -2.28. The lowest BCUT2D eigenvalue weighted by atomic mass is 10.2. The van der Waals surface area contributed by atoms with Crippen LogP contribution in [0.15, 0.2) is 23.0 Å². The number of hydrogen-bond donors (Lipinski definition) is 4. The van der Waals surface area contributed by atoms with Crippen LogP contribution in [0.4, 0.5) is 17.5 Å². The van der Waals surface area contributed by atoms with Gasteiger partial charge in [-0.05, 0) is 13.0 Å². The molecule has 9 heteroatoms. The fourth-order valence-electron chi connectivity index (χ4n) is 1.57. The number of aromatic hydroxyl groups is 1. The second-order valence-electron chi connectivity index (χ2n) is 3.95. The minimum Gasteiger partial charge on any atom is -0.740 e. The number of nitrogens with two attached hydrogens (primary N) is 2. The van der Waals surface area contributed by atoms with Crippen LogP contribution in [0.3, 0.4) is 0 Å². The smallest absolute Gasteiger partial charge is 0.360 e. The average molecular weight is 267 g/mol. The molecule has 0 bridgehead atoms. The molecule has 0 aromatic carbocycles. The maximum Gasteiger partial charge on any atom is 0.360 e. The highest BCUT2D eigenvalue weighted by Gasteiger charge is 2.26. The van der Waals surface area contributed by atoms with Crippen LogP contribution in [0.5, 0.6) is 5.88 Å². The number of rotatable bonds is 3. The second-order valence-corrected chi connectivity index (χ2v) is 3.95. The standard InChI is InChI=1S/C10H13N5O4/c1-5(6-2-3-19-4-6)13-9-7(11)14(17)8(12)10(16)15(9)18/h2-5,13,16H,11-12H2,1H3. The highest BCUT2D eigenvalue weighted by molar-refractivity contribution is 5.52. The SMILES string of the molecule is CC(Nc1c(N)[n+]([O-])c(N)c(O)[n+]1[O-])c1ccoc1. The number of nitrogen functional groups attached to an aromatic ring is 2. The normalized spacial score (nSPS) is 12.3. The van der Waals surface area contributed by atoms with E-state index in [9.17, 15) is 15.5 Å². The van der Waals surface area contributed by atoms with Crippen LogP contribution in [0, 0.1) is 10.4 Å². The van der Waals surface area contributed by atoms with Crippen molar-refractivity contribution in [2.45, 2.75) is 13.0 Å². The van der Waals surface area contributed by atoms with Crippen molar-refractivity contribution in [3.05, 3.63) is 34.6 Å². The van der Waals surface area contributed by atoms with Gasteiger partial charge < -0.3 is 31.4 Å². The van der Waals surface area contributed by atoms with E-state index >= 15 is 0 Å². The molecule has 19 heavy (non-hydrogen) atoms. The van der Waals surface area contributed by atoms with Gasteiger partial charge >= 0.3 is 23.3 Å². The number of aromatic nitrogens is 2. The zero-order valence-electron chi connectivity index (χ0n) is 10.0. The van der Waals surface area contributed by atoms with E-state index in [0.717, 1.165) is 5.56 Å². The zero-order valence-corrected chi connectivity index (χ0v) is 10.0. The highest BCUT2D eigenvalue weighted by Crippen LogP contribution is 2.22. The van der Waals surface area contributed by atoms with Gasteiger partial charge in [0.1, 0.15) is 6.04 Å². The molecule has 0 amide bonds. The zero-order chi connectivity index (χ0) is 14.2. The fraction of sp³-hybridized carbons (Fsp3) is 0.200. The molecule has 0 saturated carbocycles. The molecular formula is C10H13N5O4. The molecule has 0 saturated heterocycles. The predicted molar refractivity (Wildman–Crippen MR) is 65.6 cm³/mol. The van der Waals surface area contributed by atoms with Crippen LogP contribution in [-0.2, 0) is 0 Å². The van der Waals surface area contributed by atoms with E-state index in [-0.39, 0.29) is 21.3 Å². The van der Waals surface area contributed by atoms with Crippen LogP contribution in [0.25, 0.3) is 0 Å². The van der Waals surface area contributed by atoms with Gasteiger partial charge in [0.05, 0.1) is 12.5 Å². The van der Waals surface area contributed by atoms with Crippen LogP contribution in [0.2, 0.25) is 0 Å². The largest absolute Gasteiger partial charge is 0.740 e. The number of hydrogen-bond acceptors (Lipinski definition) is 7. The van der Waals surface area contributed by atoms with Crippen molar-refractivity contribution in [2.24, 2.45) is 0 Å². The van der Waals surface area contributed by atoms with E-state index < -0.39 is 17.5 Å². The van der Waals surface area contributed by atoms with Gasteiger partial charge in [-0.1, -0.05) is 0 Å². The lowest BCUT2D eigenvalue weighted by Crippen LogP contribution is -2.44. The maximum absolute atomic E-state index is 11.7. The molecule has 0 aliphatic rings. The Balaban J connectivity index is 2.41. The van der Waals surface area contributed by atoms with Gasteiger partial charge in [-0.25, -0.2) is 4.73 Å². The summed E-state index contributed by atoms with van der Waals surface area (Å²) in [5.41, 5.74) is 11.5. The number of nitrogens with one attached hydrogen (secondary N) is 1. The van der Waals surface area contributed by atoms with Crippen molar-refractivity contribution in [3.63, 3.8) is 0 Å². The molecule has 0 aliphatic heterocycles. The Kier molecular flexibility index (Phi) is 2.95. The van der Waals surface area contributed by atoms with Crippen molar-refractivity contribution < 1.29 is 19.0 Å². The third-order valence-corrected chi connectivity index (χ3v) is 2.70. The third-order valence-electron chi connectivity index (χ3n) is 2.70. The van der Waals surface area contributed by atoms with Gasteiger partial charge in [0, 0.05) is 5.56 Å². The lowest BCUT2D eigenvalue weighted by molar-refractivity contribution is -0.639. The number of anilines is 3. The van der Waals surface area contributed by atoms with Crippen LogP contribution >= 0.6 is 0 Å². The molecule has 2 rings (SSSR count). The van der Waals surface area contributed by atoms with Crippen molar-refractivity contribution in [3.8, 4) is 5.88 Å². The summed E-state index contributed by atoms with van der Waals surface area (Å²) in [7, 11) is 0. The molecule has 6 N–H and O–H groups in total. The molecular weight excluding hydrogens is 254 g/mol. The molecule has 0 spiro atoms. The summed E-state index contributed by atoms with van der Waals surface area (Å²) in [6.07, 6.45) is 2.95. The molecule has 2 aromatic heterocycles. The van der Waals surface area contributed by atoms with Gasteiger partial charge in [-0.3, -0.25) is 5.32 Å². The topological polar surface area (TPSA) is 151 Å². The summed E-state index contributed by atoms with van der Waals surface area (Å²) in [6.45, 7) is 1.73. The molecule has 0 fully saturated rings. The van der Waals surface area contributed by atoms with E-state index in [1.54, 1.807) is 13.0 Å². The van der Waals surface area contributed by atoms with Crippen LogP contribution in [-0.4, -0.2) is 5.11 Å². The molecule has 0 radical (unpaired) electrons. The van der Waals surface area contributed by atoms with Crippen molar-refractivity contribution in [2.75, 3.05) is 16.8 Å². The van der Waals surface area contributed by atoms with E-state index in [2.05, 4.69) is 5.32 Å². The average Bonchev–Trinajstić information content (AvgIpc) is 2.93. The summed E-state index contributed by atoms with van der Waals surface area (Å²) >= 11 is 0. The number of nitrogens with zero attached hydrogens (tertiary/aromatic N) is 2. The summed E-state index contributed by atoms with van der Waals surface area (Å²) in [5, 5.41) is 35.4. The van der Waals surface area contributed by atoms with Crippen LogP contribution < -0.4 is 26.2 Å². The van der Waals surface area contributed by atoms with E-state index in [4.69, 9.17) is 15.9 Å². The van der Waals surface area contributed by atoms with Crippen molar-refractivity contribution in [1.82, 2.24) is 0 Å². The summed E-state index contributed by atoms with van der Waals surface area (Å²) in [6, 6.07) is 1.33. The maximum atomic E-state index is 11.7. The summed E-state index contributed by atoms with van der Waals surface area (Å²) in [4.78, 5) is 0. The minimum absolute atomic E-state index is 0.0651. The molecule has 0 aliphatic carbocycles. The van der Waals surface area contributed by atoms with Gasteiger partial charge in [-0.15, -0.1) is 0 Å². The first-order valence-electron chi connectivity index (χ1n) is 5.35. The molecule has 1 atom stereocenters. The molecule has 9 nitrogen and oxygen atoms in total. The van der Waals surface area contributed by atoms with E-state index in [1.807, 2.05) is 0 Å². The van der Waals surface area contributed by atoms with Gasteiger partial charge in [0.25, 0.3) is 0 Å². The van der Waals surface area contributed by atoms with Gasteiger partial charge in [0.15, 0.2) is 0 Å². The Morgan fingerprint density at radius 2 is 2.00 bits per heavy atom. The first kappa shape index (κ1) is 12.6. The van der Waals surface area contributed by atoms with Crippen molar-refractivity contribution >= 4 is 17.5 Å². The molecule has 2 heterocycles. The Hall–Kier alpha value is -2.84. The molecule has 102 valence electrons. The Bertz CT molecular complexity index is 569. The first-order valence-corrected chi connectivity index (χ1v) is 5.35. The Morgan fingerprint density at radius 3 is 2.58 bits per heavy atom. The second kappa shape index (κ2) is 4.44. The quantitative estimate of drug-likeness (QED) is 0.435. The predicted octanol–water partition coefficient (Wildman–Crippen LogP) is -0.411. The minimum atomic E-state index is -0.911.